The van der Waals surface area contributed by atoms with Crippen molar-refractivity contribution in [1.82, 2.24) is 9.78 Å². The van der Waals surface area contributed by atoms with E-state index in [1.807, 2.05) is 10.9 Å². The molecule has 1 fully saturated rings. The van der Waals surface area contributed by atoms with Crippen molar-refractivity contribution < 1.29 is 4.74 Å². The normalized spacial score (nSPS) is 31.8. The summed E-state index contributed by atoms with van der Waals surface area (Å²) in [7, 11) is 0. The van der Waals surface area contributed by atoms with Crippen LogP contribution in [0.3, 0.4) is 0 Å². The van der Waals surface area contributed by atoms with E-state index < -0.39 is 0 Å². The first-order valence-electron chi connectivity index (χ1n) is 5.22. The number of hydrogen-bond donors (Lipinski definition) is 1. The summed E-state index contributed by atoms with van der Waals surface area (Å²) in [5, 5.41) is 4.34. The van der Waals surface area contributed by atoms with Gasteiger partial charge in [0.25, 0.3) is 0 Å². The summed E-state index contributed by atoms with van der Waals surface area (Å²) in [4.78, 5) is 0. The van der Waals surface area contributed by atoms with Crippen molar-refractivity contribution in [2.24, 2.45) is 0 Å². The fraction of sp³-hybridized carbons (Fsp3) is 0.700. The Morgan fingerprint density at radius 1 is 1.47 bits per heavy atom. The number of ether oxygens (including phenoxy) is 1. The summed E-state index contributed by atoms with van der Waals surface area (Å²) in [6.45, 7) is 4.21. The van der Waals surface area contributed by atoms with Crippen molar-refractivity contribution in [2.45, 2.75) is 44.9 Å². The molecule has 15 heavy (non-hydrogen) atoms. The Bertz CT molecular complexity index is 342. The van der Waals surface area contributed by atoms with Crippen LogP contribution < -0.4 is 5.73 Å². The lowest BCUT2D eigenvalue weighted by Crippen LogP contribution is -2.31. The van der Waals surface area contributed by atoms with Gasteiger partial charge in [-0.3, -0.25) is 0 Å². The van der Waals surface area contributed by atoms with E-state index in [0.29, 0.717) is 18.2 Å². The van der Waals surface area contributed by atoms with Crippen LogP contribution in [0.2, 0.25) is 0 Å². The molecule has 2 rings (SSSR count). The van der Waals surface area contributed by atoms with Gasteiger partial charge >= 0.3 is 0 Å². The predicted molar refractivity (Wildman–Crippen MR) is 67.6 cm³/mol. The van der Waals surface area contributed by atoms with E-state index in [1.165, 1.54) is 0 Å². The highest BCUT2D eigenvalue weighted by molar-refractivity contribution is 14.1. The molecule has 2 N–H and O–H groups in total. The SMILES string of the molecule is CC1CC(n2ncc(I)c2N)CC(C)O1. The first-order valence-corrected chi connectivity index (χ1v) is 6.29. The van der Waals surface area contributed by atoms with Crippen molar-refractivity contribution >= 4 is 28.4 Å². The summed E-state index contributed by atoms with van der Waals surface area (Å²) < 4.78 is 8.67. The average molecular weight is 321 g/mol. The molecule has 0 saturated carbocycles. The van der Waals surface area contributed by atoms with E-state index in [2.05, 4.69) is 41.5 Å². The maximum absolute atomic E-state index is 5.98. The zero-order valence-corrected chi connectivity index (χ0v) is 11.1. The van der Waals surface area contributed by atoms with Gasteiger partial charge in [-0.05, 0) is 49.3 Å². The molecule has 1 aliphatic heterocycles. The van der Waals surface area contributed by atoms with E-state index in [0.717, 1.165) is 22.2 Å². The lowest BCUT2D eigenvalue weighted by molar-refractivity contribution is -0.0502. The second kappa shape index (κ2) is 4.29. The number of rotatable bonds is 1. The van der Waals surface area contributed by atoms with Crippen LogP contribution in [-0.4, -0.2) is 22.0 Å². The van der Waals surface area contributed by atoms with Crippen molar-refractivity contribution in [2.75, 3.05) is 5.73 Å². The Hall–Kier alpha value is -0.300. The molecule has 2 atom stereocenters. The molecular formula is C10H16IN3O. The van der Waals surface area contributed by atoms with E-state index in [9.17, 15) is 0 Å². The number of aromatic nitrogens is 2. The lowest BCUT2D eigenvalue weighted by Gasteiger charge is -2.32. The number of nitrogens with zero attached hydrogens (tertiary/aromatic N) is 2. The summed E-state index contributed by atoms with van der Waals surface area (Å²) in [6.07, 6.45) is 4.39. The molecule has 1 aliphatic rings. The molecule has 84 valence electrons. The van der Waals surface area contributed by atoms with Crippen LogP contribution in [-0.2, 0) is 4.74 Å². The van der Waals surface area contributed by atoms with Crippen LogP contribution in [0.1, 0.15) is 32.7 Å². The van der Waals surface area contributed by atoms with E-state index in [4.69, 9.17) is 10.5 Å². The second-order valence-electron chi connectivity index (χ2n) is 4.20. The summed E-state index contributed by atoms with van der Waals surface area (Å²) in [6, 6.07) is 0.382. The van der Waals surface area contributed by atoms with Crippen molar-refractivity contribution in [3.05, 3.63) is 9.77 Å². The Morgan fingerprint density at radius 3 is 2.53 bits per heavy atom. The second-order valence-corrected chi connectivity index (χ2v) is 5.37. The van der Waals surface area contributed by atoms with E-state index >= 15 is 0 Å². The van der Waals surface area contributed by atoms with Gasteiger partial charge in [0.15, 0.2) is 0 Å². The molecule has 2 heterocycles. The first kappa shape index (κ1) is 11.2. The minimum Gasteiger partial charge on any atom is -0.383 e. The third-order valence-corrected chi connectivity index (χ3v) is 3.64. The number of halogens is 1. The van der Waals surface area contributed by atoms with Gasteiger partial charge in [0.1, 0.15) is 5.82 Å². The van der Waals surface area contributed by atoms with Gasteiger partial charge in [0.2, 0.25) is 0 Å². The highest BCUT2D eigenvalue weighted by Crippen LogP contribution is 2.31. The van der Waals surface area contributed by atoms with Crippen molar-refractivity contribution in [3.8, 4) is 0 Å². The molecule has 0 bridgehead atoms. The van der Waals surface area contributed by atoms with Crippen molar-refractivity contribution in [3.63, 3.8) is 0 Å². The third-order valence-electron chi connectivity index (χ3n) is 2.81. The van der Waals surface area contributed by atoms with Gasteiger partial charge in [0, 0.05) is 0 Å². The average Bonchev–Trinajstić information content (AvgIpc) is 2.46. The highest BCUT2D eigenvalue weighted by Gasteiger charge is 2.27. The van der Waals surface area contributed by atoms with E-state index in [-0.39, 0.29) is 0 Å². The van der Waals surface area contributed by atoms with E-state index in [1.54, 1.807) is 0 Å². The lowest BCUT2D eigenvalue weighted by atomic mass is 10.0. The topological polar surface area (TPSA) is 53.1 Å². The van der Waals surface area contributed by atoms with Gasteiger partial charge < -0.3 is 10.5 Å². The maximum atomic E-state index is 5.98. The zero-order chi connectivity index (χ0) is 11.0. The molecule has 0 spiro atoms. The Balaban J connectivity index is 2.20. The highest BCUT2D eigenvalue weighted by atomic mass is 127. The van der Waals surface area contributed by atoms with Crippen LogP contribution in [0.15, 0.2) is 6.20 Å². The maximum Gasteiger partial charge on any atom is 0.135 e. The summed E-state index contributed by atoms with van der Waals surface area (Å²) in [5.74, 6) is 0.780. The quantitative estimate of drug-likeness (QED) is 0.807. The Morgan fingerprint density at radius 2 is 2.07 bits per heavy atom. The van der Waals surface area contributed by atoms with Gasteiger partial charge in [-0.2, -0.15) is 5.10 Å². The standard InChI is InChI=1S/C10H16IN3O/c1-6-3-8(4-7(2)15-6)14-10(12)9(11)5-13-14/h5-8H,3-4,12H2,1-2H3. The molecule has 1 aromatic rings. The van der Waals surface area contributed by atoms with Gasteiger partial charge in [-0.15, -0.1) is 0 Å². The summed E-state index contributed by atoms with van der Waals surface area (Å²) >= 11 is 2.21. The Kier molecular flexibility index (Phi) is 3.20. The molecule has 1 saturated heterocycles. The molecule has 0 amide bonds. The van der Waals surface area contributed by atoms with Crippen LogP contribution in [0, 0.1) is 3.57 Å². The largest absolute Gasteiger partial charge is 0.383 e. The number of anilines is 1. The van der Waals surface area contributed by atoms with Crippen molar-refractivity contribution in [1.29, 1.82) is 0 Å². The van der Waals surface area contributed by atoms with Crippen LogP contribution >= 0.6 is 22.6 Å². The van der Waals surface area contributed by atoms with Gasteiger partial charge in [-0.1, -0.05) is 0 Å². The smallest absolute Gasteiger partial charge is 0.135 e. The third kappa shape index (κ3) is 2.28. The fourth-order valence-corrected chi connectivity index (χ4v) is 2.58. The molecule has 5 heteroatoms. The molecule has 0 radical (unpaired) electrons. The van der Waals surface area contributed by atoms with Crippen LogP contribution in [0.25, 0.3) is 0 Å². The minimum atomic E-state index is 0.292. The predicted octanol–water partition coefficient (Wildman–Crippen LogP) is 2.20. The molecule has 1 aromatic heterocycles. The van der Waals surface area contributed by atoms with Gasteiger partial charge in [-0.25, -0.2) is 4.68 Å². The Labute approximate surface area is 103 Å². The molecule has 4 nitrogen and oxygen atoms in total. The summed E-state index contributed by atoms with van der Waals surface area (Å²) in [5.41, 5.74) is 5.98. The van der Waals surface area contributed by atoms with Crippen LogP contribution in [0.5, 0.6) is 0 Å². The molecule has 0 aromatic carbocycles. The fourth-order valence-electron chi connectivity index (χ4n) is 2.21. The first-order chi connectivity index (χ1) is 7.08. The molecule has 2 unspecified atom stereocenters. The number of nitrogen functional groups attached to an aromatic ring is 1. The van der Waals surface area contributed by atoms with Gasteiger partial charge in [0.05, 0.1) is 28.0 Å². The zero-order valence-electron chi connectivity index (χ0n) is 8.98. The molecular weight excluding hydrogens is 305 g/mol. The van der Waals surface area contributed by atoms with Crippen LogP contribution in [0.4, 0.5) is 5.82 Å². The molecule has 0 aliphatic carbocycles. The number of hydrogen-bond acceptors (Lipinski definition) is 3. The minimum absolute atomic E-state index is 0.292. The monoisotopic (exact) mass is 321 g/mol. The number of nitrogens with two attached hydrogens (primary N) is 1.